The van der Waals surface area contributed by atoms with Crippen molar-refractivity contribution in [3.05, 3.63) is 59.9 Å². The Bertz CT molecular complexity index is 628. The van der Waals surface area contributed by atoms with E-state index in [9.17, 15) is 9.18 Å². The van der Waals surface area contributed by atoms with Gasteiger partial charge in [-0.1, -0.05) is 31.2 Å². The standard InChI is InChI=1S/C17H18FNO2/c1-3-13-7-4-5-10-16(13)19-17(20)12(2)21-15-9-6-8-14(18)11-15/h4-12H,3H2,1-2H3,(H,19,20). The zero-order valence-corrected chi connectivity index (χ0v) is 12.1. The quantitative estimate of drug-likeness (QED) is 0.908. The molecule has 0 heterocycles. The first kappa shape index (κ1) is 15.0. The van der Waals surface area contributed by atoms with Gasteiger partial charge in [0, 0.05) is 11.8 Å². The largest absolute Gasteiger partial charge is 0.481 e. The number of amides is 1. The summed E-state index contributed by atoms with van der Waals surface area (Å²) in [7, 11) is 0. The summed E-state index contributed by atoms with van der Waals surface area (Å²) in [5, 5.41) is 2.84. The summed E-state index contributed by atoms with van der Waals surface area (Å²) in [4.78, 5) is 12.1. The van der Waals surface area contributed by atoms with Gasteiger partial charge in [0.05, 0.1) is 0 Å². The molecule has 1 atom stereocenters. The van der Waals surface area contributed by atoms with Crippen LogP contribution in [0.4, 0.5) is 10.1 Å². The van der Waals surface area contributed by atoms with Crippen molar-refractivity contribution in [3.63, 3.8) is 0 Å². The predicted molar refractivity (Wildman–Crippen MR) is 80.9 cm³/mol. The Hall–Kier alpha value is -2.36. The average molecular weight is 287 g/mol. The molecule has 4 heteroatoms. The van der Waals surface area contributed by atoms with Crippen LogP contribution in [0.5, 0.6) is 5.75 Å². The van der Waals surface area contributed by atoms with E-state index in [0.717, 1.165) is 17.7 Å². The van der Waals surface area contributed by atoms with Gasteiger partial charge in [0.2, 0.25) is 0 Å². The van der Waals surface area contributed by atoms with Gasteiger partial charge in [0.15, 0.2) is 6.10 Å². The second-order valence-electron chi connectivity index (χ2n) is 4.72. The maximum absolute atomic E-state index is 13.1. The molecule has 0 aliphatic rings. The summed E-state index contributed by atoms with van der Waals surface area (Å²) in [5.74, 6) is -0.321. The molecule has 0 saturated carbocycles. The normalized spacial score (nSPS) is 11.8. The van der Waals surface area contributed by atoms with E-state index in [1.807, 2.05) is 31.2 Å². The lowest BCUT2D eigenvalue weighted by molar-refractivity contribution is -0.122. The zero-order chi connectivity index (χ0) is 15.2. The first-order chi connectivity index (χ1) is 10.1. The van der Waals surface area contributed by atoms with Crippen LogP contribution < -0.4 is 10.1 Å². The van der Waals surface area contributed by atoms with Crippen LogP contribution in [0.2, 0.25) is 0 Å². The lowest BCUT2D eigenvalue weighted by Gasteiger charge is -2.16. The Morgan fingerprint density at radius 1 is 1.24 bits per heavy atom. The van der Waals surface area contributed by atoms with Gasteiger partial charge in [-0.2, -0.15) is 0 Å². The molecule has 0 bridgehead atoms. The maximum Gasteiger partial charge on any atom is 0.265 e. The molecule has 0 aliphatic heterocycles. The zero-order valence-electron chi connectivity index (χ0n) is 12.1. The van der Waals surface area contributed by atoms with E-state index in [1.54, 1.807) is 19.1 Å². The summed E-state index contributed by atoms with van der Waals surface area (Å²) in [6.45, 7) is 3.66. The number of ether oxygens (including phenoxy) is 1. The number of hydrogen-bond donors (Lipinski definition) is 1. The van der Waals surface area contributed by atoms with E-state index in [2.05, 4.69) is 5.32 Å². The van der Waals surface area contributed by atoms with Crippen molar-refractivity contribution in [3.8, 4) is 5.75 Å². The van der Waals surface area contributed by atoms with Crippen LogP contribution >= 0.6 is 0 Å². The highest BCUT2D eigenvalue weighted by molar-refractivity contribution is 5.94. The molecule has 2 rings (SSSR count). The highest BCUT2D eigenvalue weighted by atomic mass is 19.1. The SMILES string of the molecule is CCc1ccccc1NC(=O)C(C)Oc1cccc(F)c1. The number of carbonyl (C=O) groups excluding carboxylic acids is 1. The average Bonchev–Trinajstić information content (AvgIpc) is 2.47. The minimum absolute atomic E-state index is 0.264. The van der Waals surface area contributed by atoms with Gasteiger partial charge in [0.1, 0.15) is 11.6 Å². The van der Waals surface area contributed by atoms with Gasteiger partial charge in [-0.15, -0.1) is 0 Å². The summed E-state index contributed by atoms with van der Waals surface area (Å²) in [6.07, 6.45) is 0.118. The number of para-hydroxylation sites is 1. The molecule has 2 aromatic carbocycles. The molecule has 0 fully saturated rings. The van der Waals surface area contributed by atoms with Crippen molar-refractivity contribution in [1.82, 2.24) is 0 Å². The fourth-order valence-corrected chi connectivity index (χ4v) is 1.98. The first-order valence-electron chi connectivity index (χ1n) is 6.91. The van der Waals surface area contributed by atoms with E-state index < -0.39 is 11.9 Å². The van der Waals surface area contributed by atoms with E-state index in [4.69, 9.17) is 4.74 Å². The molecular weight excluding hydrogens is 269 g/mol. The van der Waals surface area contributed by atoms with Crippen molar-refractivity contribution in [2.45, 2.75) is 26.4 Å². The Balaban J connectivity index is 2.02. The van der Waals surface area contributed by atoms with Crippen LogP contribution in [0, 0.1) is 5.82 Å². The Labute approximate surface area is 123 Å². The second-order valence-corrected chi connectivity index (χ2v) is 4.72. The molecule has 0 radical (unpaired) electrons. The van der Waals surface area contributed by atoms with Crippen LogP contribution in [0.3, 0.4) is 0 Å². The molecule has 1 unspecified atom stereocenters. The maximum atomic E-state index is 13.1. The molecule has 3 nitrogen and oxygen atoms in total. The molecule has 1 amide bonds. The highest BCUT2D eigenvalue weighted by Gasteiger charge is 2.16. The smallest absolute Gasteiger partial charge is 0.265 e. The number of rotatable bonds is 5. The third kappa shape index (κ3) is 4.05. The second kappa shape index (κ2) is 6.88. The van der Waals surface area contributed by atoms with Crippen molar-refractivity contribution in [1.29, 1.82) is 0 Å². The molecule has 110 valence electrons. The molecule has 0 spiro atoms. The molecule has 21 heavy (non-hydrogen) atoms. The van der Waals surface area contributed by atoms with Gasteiger partial charge in [-0.3, -0.25) is 4.79 Å². The summed E-state index contributed by atoms with van der Waals surface area (Å²) >= 11 is 0. The van der Waals surface area contributed by atoms with Gasteiger partial charge < -0.3 is 10.1 Å². The Morgan fingerprint density at radius 2 is 2.00 bits per heavy atom. The fourth-order valence-electron chi connectivity index (χ4n) is 1.98. The molecule has 0 aromatic heterocycles. The summed E-state index contributed by atoms with van der Waals surface area (Å²) in [6, 6.07) is 13.4. The minimum atomic E-state index is -0.711. The number of anilines is 1. The van der Waals surface area contributed by atoms with Gasteiger partial charge in [-0.05, 0) is 37.1 Å². The summed E-state index contributed by atoms with van der Waals surface area (Å²) in [5.41, 5.74) is 1.84. The van der Waals surface area contributed by atoms with E-state index in [-0.39, 0.29) is 5.91 Å². The van der Waals surface area contributed by atoms with Crippen LogP contribution in [0.15, 0.2) is 48.5 Å². The highest BCUT2D eigenvalue weighted by Crippen LogP contribution is 2.17. The van der Waals surface area contributed by atoms with Crippen LogP contribution in [-0.4, -0.2) is 12.0 Å². The van der Waals surface area contributed by atoms with Gasteiger partial charge >= 0.3 is 0 Å². The van der Waals surface area contributed by atoms with Crippen molar-refractivity contribution in [2.75, 3.05) is 5.32 Å². The topological polar surface area (TPSA) is 38.3 Å². The van der Waals surface area contributed by atoms with Crippen molar-refractivity contribution >= 4 is 11.6 Å². The van der Waals surface area contributed by atoms with E-state index >= 15 is 0 Å². The number of nitrogens with one attached hydrogen (secondary N) is 1. The van der Waals surface area contributed by atoms with Crippen molar-refractivity contribution in [2.24, 2.45) is 0 Å². The van der Waals surface area contributed by atoms with Gasteiger partial charge in [0.25, 0.3) is 5.91 Å². The third-order valence-corrected chi connectivity index (χ3v) is 3.13. The van der Waals surface area contributed by atoms with Crippen LogP contribution in [0.25, 0.3) is 0 Å². The van der Waals surface area contributed by atoms with Gasteiger partial charge in [-0.25, -0.2) is 4.39 Å². The number of aryl methyl sites for hydroxylation is 1. The van der Waals surface area contributed by atoms with Crippen LogP contribution in [0.1, 0.15) is 19.4 Å². The fraction of sp³-hybridized carbons (Fsp3) is 0.235. The minimum Gasteiger partial charge on any atom is -0.481 e. The number of hydrogen-bond acceptors (Lipinski definition) is 2. The molecule has 1 N–H and O–H groups in total. The molecule has 0 aliphatic carbocycles. The monoisotopic (exact) mass is 287 g/mol. The van der Waals surface area contributed by atoms with E-state index in [0.29, 0.717) is 5.75 Å². The number of benzene rings is 2. The number of carbonyl (C=O) groups is 1. The lowest BCUT2D eigenvalue weighted by atomic mass is 10.1. The van der Waals surface area contributed by atoms with E-state index in [1.165, 1.54) is 12.1 Å². The molecule has 2 aromatic rings. The Morgan fingerprint density at radius 3 is 2.71 bits per heavy atom. The molecular formula is C17H18FNO2. The van der Waals surface area contributed by atoms with Crippen LogP contribution in [-0.2, 0) is 11.2 Å². The number of halogens is 1. The third-order valence-electron chi connectivity index (χ3n) is 3.13. The van der Waals surface area contributed by atoms with Crippen molar-refractivity contribution < 1.29 is 13.9 Å². The summed E-state index contributed by atoms with van der Waals surface area (Å²) < 4.78 is 18.5. The Kier molecular flexibility index (Phi) is 4.93. The first-order valence-corrected chi connectivity index (χ1v) is 6.91. The lowest BCUT2D eigenvalue weighted by Crippen LogP contribution is -2.30. The predicted octanol–water partition coefficient (Wildman–Crippen LogP) is 3.79. The molecule has 0 saturated heterocycles.